The number of morpholine rings is 1. The fraction of sp³-hybridized carbons (Fsp3) is 0.481. The van der Waals surface area contributed by atoms with E-state index in [-0.39, 0.29) is 30.9 Å². The van der Waals surface area contributed by atoms with Gasteiger partial charge < -0.3 is 24.3 Å². The molecule has 1 N–H and O–H groups in total. The van der Waals surface area contributed by atoms with Gasteiger partial charge in [0.05, 0.1) is 36.7 Å². The van der Waals surface area contributed by atoms with Crippen LogP contribution in [0.2, 0.25) is 0 Å². The second-order valence-electron chi connectivity index (χ2n) is 10.3. The third-order valence-corrected chi connectivity index (χ3v) is 7.26. The van der Waals surface area contributed by atoms with Crippen molar-refractivity contribution in [1.29, 1.82) is 0 Å². The Labute approximate surface area is 226 Å². The van der Waals surface area contributed by atoms with Crippen LogP contribution in [0.1, 0.15) is 24.1 Å². The van der Waals surface area contributed by atoms with Crippen LogP contribution in [-0.2, 0) is 11.2 Å². The van der Waals surface area contributed by atoms with Gasteiger partial charge >= 0.3 is 12.2 Å². The number of aromatic nitrogens is 2. The molecule has 1 aromatic carbocycles. The third-order valence-electron chi connectivity index (χ3n) is 7.26. The van der Waals surface area contributed by atoms with E-state index in [2.05, 4.69) is 10.3 Å². The average molecular weight is 570 g/mol. The molecule has 216 valence electrons. The summed E-state index contributed by atoms with van der Waals surface area (Å²) in [7, 11) is 0. The van der Waals surface area contributed by atoms with Crippen LogP contribution in [0, 0.1) is 18.7 Å². The summed E-state index contributed by atoms with van der Waals surface area (Å²) in [5.74, 6) is -1.38. The maximum Gasteiger partial charge on any atom is 0.389 e. The highest BCUT2D eigenvalue weighted by Crippen LogP contribution is 2.35. The van der Waals surface area contributed by atoms with Gasteiger partial charge in [0.1, 0.15) is 5.82 Å². The summed E-state index contributed by atoms with van der Waals surface area (Å²) < 4.78 is 86.6. The van der Waals surface area contributed by atoms with E-state index in [4.69, 9.17) is 4.74 Å². The molecule has 2 aromatic heterocycles. The number of nitrogens with one attached hydrogen (secondary N) is 1. The number of alkyl halides is 5. The van der Waals surface area contributed by atoms with Crippen LogP contribution in [-0.4, -0.2) is 72.3 Å². The number of fused-ring (bicyclic) bond motifs is 1. The van der Waals surface area contributed by atoms with E-state index in [1.54, 1.807) is 23.7 Å². The van der Waals surface area contributed by atoms with Gasteiger partial charge in [0.25, 0.3) is 0 Å². The zero-order valence-electron chi connectivity index (χ0n) is 21.8. The average Bonchev–Trinajstić information content (AvgIpc) is 3.50. The number of likely N-dealkylation sites (tertiary alicyclic amines) is 1. The minimum atomic E-state index is -4.31. The Morgan fingerprint density at radius 1 is 1.15 bits per heavy atom. The van der Waals surface area contributed by atoms with Gasteiger partial charge in [-0.25, -0.2) is 22.9 Å². The lowest BCUT2D eigenvalue weighted by atomic mass is 10.00. The number of carbonyl (C=O) groups is 1. The summed E-state index contributed by atoms with van der Waals surface area (Å²) in [4.78, 5) is 20.6. The summed E-state index contributed by atoms with van der Waals surface area (Å²) in [6, 6.07) is 3.94. The van der Waals surface area contributed by atoms with E-state index >= 15 is 0 Å². The molecular weight excluding hydrogens is 540 g/mol. The first kappa shape index (κ1) is 28.1. The second-order valence-corrected chi connectivity index (χ2v) is 10.3. The van der Waals surface area contributed by atoms with Crippen LogP contribution in [0.3, 0.4) is 0 Å². The molecule has 1 atom stereocenters. The molecule has 0 aliphatic carbocycles. The predicted octanol–water partition coefficient (Wildman–Crippen LogP) is 5.90. The largest absolute Gasteiger partial charge is 0.389 e. The van der Waals surface area contributed by atoms with Crippen LogP contribution in [0.4, 0.5) is 42.5 Å². The topological polar surface area (TPSA) is 62.1 Å². The van der Waals surface area contributed by atoms with Crippen molar-refractivity contribution in [3.8, 4) is 11.1 Å². The summed E-state index contributed by atoms with van der Waals surface area (Å²) in [5.41, 5.74) is 3.16. The Morgan fingerprint density at radius 2 is 1.90 bits per heavy atom. The van der Waals surface area contributed by atoms with E-state index in [0.717, 1.165) is 0 Å². The van der Waals surface area contributed by atoms with Crippen molar-refractivity contribution in [1.82, 2.24) is 14.3 Å². The molecule has 2 fully saturated rings. The van der Waals surface area contributed by atoms with Crippen molar-refractivity contribution in [2.45, 2.75) is 38.8 Å². The smallest absolute Gasteiger partial charge is 0.378 e. The second kappa shape index (κ2) is 11.2. The fourth-order valence-electron chi connectivity index (χ4n) is 5.36. The molecule has 40 heavy (non-hydrogen) atoms. The van der Waals surface area contributed by atoms with Gasteiger partial charge in [-0.05, 0) is 48.6 Å². The Hall–Kier alpha value is -3.48. The highest BCUT2D eigenvalue weighted by atomic mass is 19.4. The molecule has 13 heteroatoms. The monoisotopic (exact) mass is 569 g/mol. The van der Waals surface area contributed by atoms with Crippen molar-refractivity contribution in [3.05, 3.63) is 47.7 Å². The number of hydrogen-bond donors (Lipinski definition) is 1. The zero-order valence-corrected chi connectivity index (χ0v) is 21.8. The molecule has 0 radical (unpaired) electrons. The first-order valence-electron chi connectivity index (χ1n) is 13.0. The van der Waals surface area contributed by atoms with Crippen LogP contribution in [0.15, 0.2) is 30.6 Å². The van der Waals surface area contributed by atoms with Crippen molar-refractivity contribution in [2.75, 3.05) is 49.6 Å². The molecule has 2 saturated heterocycles. The molecule has 3 aromatic rings. The lowest BCUT2D eigenvalue weighted by Crippen LogP contribution is -2.36. The number of pyridine rings is 1. The van der Waals surface area contributed by atoms with Gasteiger partial charge in [-0.3, -0.25) is 0 Å². The van der Waals surface area contributed by atoms with Crippen LogP contribution in [0.5, 0.6) is 0 Å². The number of aryl methyl sites for hydroxylation is 1. The van der Waals surface area contributed by atoms with E-state index in [9.17, 15) is 31.1 Å². The van der Waals surface area contributed by atoms with Gasteiger partial charge in [0.2, 0.25) is 6.43 Å². The number of rotatable bonds is 6. The molecule has 2 aliphatic rings. The zero-order chi connectivity index (χ0) is 28.6. The van der Waals surface area contributed by atoms with E-state index in [1.807, 2.05) is 11.0 Å². The molecule has 2 amide bonds. The summed E-state index contributed by atoms with van der Waals surface area (Å²) in [5, 5.41) is 2.52. The number of benzene rings is 1. The normalized spacial score (nSPS) is 18.2. The van der Waals surface area contributed by atoms with Gasteiger partial charge in [0.15, 0.2) is 5.65 Å². The van der Waals surface area contributed by atoms with Crippen molar-refractivity contribution in [3.63, 3.8) is 0 Å². The standard InChI is InChI=1S/C27H29F6N5O2/c1-16-8-21(28)22(35-26(39)37-3-2-17(13-37)12-27(31,32)33)11-20(16)18-9-23(36-4-6-40-7-5-36)25-34-19(10-24(29)30)15-38(25)14-18/h8-9,11,14-15,17,24H,2-7,10,12-13H2,1H3,(H,35,39). The number of amides is 2. The lowest BCUT2D eigenvalue weighted by molar-refractivity contribution is -0.143. The molecule has 0 saturated carbocycles. The van der Waals surface area contributed by atoms with Crippen molar-refractivity contribution < 1.29 is 35.9 Å². The van der Waals surface area contributed by atoms with E-state index < -0.39 is 43.2 Å². The van der Waals surface area contributed by atoms with Crippen molar-refractivity contribution in [2.24, 2.45) is 5.92 Å². The summed E-state index contributed by atoms with van der Waals surface area (Å²) in [6.07, 6.45) is -4.85. The van der Waals surface area contributed by atoms with Crippen LogP contribution >= 0.6 is 0 Å². The van der Waals surface area contributed by atoms with Gasteiger partial charge in [-0.2, -0.15) is 13.2 Å². The molecule has 7 nitrogen and oxygen atoms in total. The maximum atomic E-state index is 15.0. The van der Waals surface area contributed by atoms with E-state index in [0.29, 0.717) is 54.3 Å². The highest BCUT2D eigenvalue weighted by Gasteiger charge is 2.36. The van der Waals surface area contributed by atoms with E-state index in [1.165, 1.54) is 17.0 Å². The number of ether oxygens (including phenoxy) is 1. The number of imidazole rings is 1. The number of halogens is 6. The Bertz CT molecular complexity index is 1390. The minimum absolute atomic E-state index is 0.0627. The Morgan fingerprint density at radius 3 is 2.60 bits per heavy atom. The predicted molar refractivity (Wildman–Crippen MR) is 137 cm³/mol. The first-order chi connectivity index (χ1) is 19.0. The summed E-state index contributed by atoms with van der Waals surface area (Å²) >= 11 is 0. The Balaban J connectivity index is 1.46. The Kier molecular flexibility index (Phi) is 7.85. The van der Waals surface area contributed by atoms with Gasteiger partial charge in [0, 0.05) is 50.6 Å². The number of urea groups is 1. The van der Waals surface area contributed by atoms with Crippen molar-refractivity contribution >= 4 is 23.1 Å². The molecule has 0 spiro atoms. The SMILES string of the molecule is Cc1cc(F)c(NC(=O)N2CCC(CC(F)(F)F)C2)cc1-c1cc(N2CCOCC2)c2nc(CC(F)F)cn2c1. The highest BCUT2D eigenvalue weighted by molar-refractivity contribution is 5.91. The third kappa shape index (κ3) is 6.29. The molecule has 0 bridgehead atoms. The van der Waals surface area contributed by atoms with Gasteiger partial charge in [-0.1, -0.05) is 0 Å². The lowest BCUT2D eigenvalue weighted by Gasteiger charge is -2.29. The minimum Gasteiger partial charge on any atom is -0.378 e. The number of carbonyl (C=O) groups excluding carboxylic acids is 1. The molecule has 4 heterocycles. The maximum absolute atomic E-state index is 15.0. The number of hydrogen-bond acceptors (Lipinski definition) is 4. The molecule has 1 unspecified atom stereocenters. The first-order valence-corrected chi connectivity index (χ1v) is 13.0. The van der Waals surface area contributed by atoms with Crippen LogP contribution < -0.4 is 10.2 Å². The van der Waals surface area contributed by atoms with Gasteiger partial charge in [-0.15, -0.1) is 0 Å². The summed E-state index contributed by atoms with van der Waals surface area (Å²) in [6.45, 7) is 3.93. The van der Waals surface area contributed by atoms with Crippen LogP contribution in [0.25, 0.3) is 16.8 Å². The quantitative estimate of drug-likeness (QED) is 0.376. The molecule has 2 aliphatic heterocycles. The number of anilines is 2. The molecular formula is C27H29F6N5O2. The number of nitrogens with zero attached hydrogens (tertiary/aromatic N) is 4. The molecule has 5 rings (SSSR count). The fourth-order valence-corrected chi connectivity index (χ4v) is 5.36.